The lowest BCUT2D eigenvalue weighted by molar-refractivity contribution is -0.384. The zero-order valence-electron chi connectivity index (χ0n) is 7.81. The van der Waals surface area contributed by atoms with E-state index in [-0.39, 0.29) is 5.69 Å². The number of fused-ring (bicyclic) bond motifs is 1. The number of nitrogens with zero attached hydrogens (tertiary/aromatic N) is 1. The fourth-order valence-corrected chi connectivity index (χ4v) is 1.32. The molecule has 1 aliphatic rings. The minimum absolute atomic E-state index is 0.00468. The largest absolute Gasteiger partial charge is 0.467 e. The molecular formula is C7H7B2NO4. The van der Waals surface area contributed by atoms with Crippen LogP contribution in [0.3, 0.4) is 0 Å². The minimum atomic E-state index is -0.739. The monoisotopic (exact) mass is 191 g/mol. The van der Waals surface area contributed by atoms with Crippen LogP contribution in [0.2, 0.25) is 0 Å². The van der Waals surface area contributed by atoms with E-state index in [9.17, 15) is 10.1 Å². The van der Waals surface area contributed by atoms with Crippen molar-refractivity contribution in [2.75, 3.05) is 0 Å². The Bertz CT molecular complexity index is 407. The van der Waals surface area contributed by atoms with Crippen LogP contribution in [-0.2, 0) is 0 Å². The van der Waals surface area contributed by atoms with Crippen LogP contribution in [0.5, 0.6) is 11.5 Å². The van der Waals surface area contributed by atoms with E-state index in [1.807, 2.05) is 0 Å². The molecule has 0 amide bonds. The summed E-state index contributed by atoms with van der Waals surface area (Å²) in [5.74, 6) is 0.963. The van der Waals surface area contributed by atoms with Crippen molar-refractivity contribution in [2.45, 2.75) is 5.59 Å². The highest BCUT2D eigenvalue weighted by atomic mass is 16.7. The highest BCUT2D eigenvalue weighted by Crippen LogP contribution is 2.39. The summed E-state index contributed by atoms with van der Waals surface area (Å²) < 4.78 is 10.7. The van der Waals surface area contributed by atoms with Crippen LogP contribution in [0.15, 0.2) is 18.2 Å². The summed E-state index contributed by atoms with van der Waals surface area (Å²) in [7, 11) is 3.50. The standard InChI is InChI=1S/C7H7B2NO4/c8-7(9)13-5-2-1-4(10(11)12)3-6(5)14-7/h1-3H,8-9H2. The van der Waals surface area contributed by atoms with Crippen molar-refractivity contribution in [1.82, 2.24) is 0 Å². The van der Waals surface area contributed by atoms with Gasteiger partial charge in [-0.2, -0.15) is 0 Å². The van der Waals surface area contributed by atoms with E-state index < -0.39 is 10.5 Å². The van der Waals surface area contributed by atoms with Crippen LogP contribution in [-0.4, -0.2) is 26.2 Å². The first-order valence-corrected chi connectivity index (χ1v) is 4.14. The van der Waals surface area contributed by atoms with E-state index in [2.05, 4.69) is 0 Å². The summed E-state index contributed by atoms with van der Waals surface area (Å²) in [4.78, 5) is 10.0. The van der Waals surface area contributed by atoms with Crippen molar-refractivity contribution < 1.29 is 14.4 Å². The van der Waals surface area contributed by atoms with E-state index in [1.54, 1.807) is 21.8 Å². The molecule has 1 heterocycles. The number of nitro groups is 1. The van der Waals surface area contributed by atoms with Gasteiger partial charge in [0.05, 0.1) is 11.0 Å². The van der Waals surface area contributed by atoms with Gasteiger partial charge in [-0.05, 0) is 6.07 Å². The molecule has 0 radical (unpaired) electrons. The lowest BCUT2D eigenvalue weighted by Crippen LogP contribution is -2.39. The molecule has 1 aliphatic heterocycles. The van der Waals surface area contributed by atoms with Crippen LogP contribution < -0.4 is 9.47 Å². The van der Waals surface area contributed by atoms with E-state index in [0.29, 0.717) is 11.5 Å². The number of benzene rings is 1. The van der Waals surface area contributed by atoms with Gasteiger partial charge >= 0.3 is 0 Å². The molecule has 0 aromatic heterocycles. The SMILES string of the molecule is BC1(B)Oc2ccc([N+](=O)[O-])cc2O1. The Labute approximate surface area is 82.0 Å². The maximum atomic E-state index is 10.5. The van der Waals surface area contributed by atoms with Gasteiger partial charge in [0.25, 0.3) is 5.69 Å². The summed E-state index contributed by atoms with van der Waals surface area (Å²) in [6, 6.07) is 4.30. The van der Waals surface area contributed by atoms with Gasteiger partial charge in [0, 0.05) is 6.07 Å². The second-order valence-corrected chi connectivity index (χ2v) is 3.49. The van der Waals surface area contributed by atoms with Crippen molar-refractivity contribution in [3.05, 3.63) is 28.3 Å². The molecule has 0 N–H and O–H groups in total. The molecule has 1 aromatic rings. The molecule has 0 fully saturated rings. The van der Waals surface area contributed by atoms with Crippen LogP contribution in [0.1, 0.15) is 0 Å². The molecule has 7 heteroatoms. The normalized spacial score (nSPS) is 16.6. The fraction of sp³-hybridized carbons (Fsp3) is 0.143. The first-order chi connectivity index (χ1) is 6.48. The molecule has 0 atom stereocenters. The molecule has 0 saturated carbocycles. The van der Waals surface area contributed by atoms with Gasteiger partial charge in [-0.3, -0.25) is 10.1 Å². The molecule has 0 spiro atoms. The molecule has 14 heavy (non-hydrogen) atoms. The summed E-state index contributed by atoms with van der Waals surface area (Å²) >= 11 is 0. The van der Waals surface area contributed by atoms with E-state index in [1.165, 1.54) is 12.1 Å². The molecule has 70 valence electrons. The fourth-order valence-electron chi connectivity index (χ4n) is 1.32. The predicted octanol–water partition coefficient (Wildman–Crippen LogP) is -0.757. The third kappa shape index (κ3) is 1.41. The minimum Gasteiger partial charge on any atom is -0.467 e. The van der Waals surface area contributed by atoms with Crippen molar-refractivity contribution in [2.24, 2.45) is 0 Å². The number of hydrogen-bond acceptors (Lipinski definition) is 4. The summed E-state index contributed by atoms with van der Waals surface area (Å²) in [5, 5.41) is 10.5. The highest BCUT2D eigenvalue weighted by molar-refractivity contribution is 6.38. The first kappa shape index (κ1) is 8.93. The Hall–Kier alpha value is -1.65. The molecule has 0 bridgehead atoms. The Morgan fingerprint density at radius 1 is 1.29 bits per heavy atom. The van der Waals surface area contributed by atoms with Gasteiger partial charge in [0.1, 0.15) is 0 Å². The van der Waals surface area contributed by atoms with Gasteiger partial charge in [-0.1, -0.05) is 0 Å². The number of rotatable bonds is 1. The lowest BCUT2D eigenvalue weighted by Gasteiger charge is -2.17. The maximum absolute atomic E-state index is 10.5. The Morgan fingerprint density at radius 3 is 2.57 bits per heavy atom. The molecule has 0 saturated heterocycles. The quantitative estimate of drug-likeness (QED) is 0.332. The Balaban J connectivity index is 2.40. The average molecular weight is 191 g/mol. The third-order valence-corrected chi connectivity index (χ3v) is 1.85. The van der Waals surface area contributed by atoms with Crippen LogP contribution in [0, 0.1) is 10.1 Å². The number of nitro benzene ring substituents is 1. The highest BCUT2D eigenvalue weighted by Gasteiger charge is 2.32. The molecule has 0 aliphatic carbocycles. The van der Waals surface area contributed by atoms with Crippen molar-refractivity contribution in [3.8, 4) is 11.5 Å². The average Bonchev–Trinajstić information content (AvgIpc) is 2.36. The van der Waals surface area contributed by atoms with Crippen molar-refractivity contribution >= 4 is 21.4 Å². The first-order valence-electron chi connectivity index (χ1n) is 4.14. The lowest BCUT2D eigenvalue weighted by atomic mass is 9.76. The summed E-state index contributed by atoms with van der Waals surface area (Å²) in [5.41, 5.74) is -0.734. The van der Waals surface area contributed by atoms with Gasteiger partial charge < -0.3 is 9.47 Å². The smallest absolute Gasteiger partial charge is 0.273 e. The van der Waals surface area contributed by atoms with Crippen molar-refractivity contribution in [3.63, 3.8) is 0 Å². The molecule has 5 nitrogen and oxygen atoms in total. The number of non-ortho nitro benzene ring substituents is 1. The molecule has 0 unspecified atom stereocenters. The topological polar surface area (TPSA) is 61.6 Å². The summed E-state index contributed by atoms with van der Waals surface area (Å²) in [6.45, 7) is 0. The van der Waals surface area contributed by atoms with Gasteiger partial charge in [0.15, 0.2) is 32.8 Å². The second-order valence-electron chi connectivity index (χ2n) is 3.49. The maximum Gasteiger partial charge on any atom is 0.273 e. The zero-order valence-corrected chi connectivity index (χ0v) is 7.81. The van der Waals surface area contributed by atoms with Crippen LogP contribution >= 0.6 is 0 Å². The molecular weight excluding hydrogens is 184 g/mol. The zero-order chi connectivity index (χ0) is 10.3. The van der Waals surface area contributed by atoms with Gasteiger partial charge in [0.2, 0.25) is 0 Å². The molecule has 1 aromatic carbocycles. The Morgan fingerprint density at radius 2 is 1.93 bits per heavy atom. The Kier molecular flexibility index (Phi) is 1.70. The second kappa shape index (κ2) is 2.67. The summed E-state index contributed by atoms with van der Waals surface area (Å²) in [6.07, 6.45) is 0. The van der Waals surface area contributed by atoms with Crippen LogP contribution in [0.4, 0.5) is 5.69 Å². The van der Waals surface area contributed by atoms with E-state index in [4.69, 9.17) is 9.47 Å². The van der Waals surface area contributed by atoms with Crippen molar-refractivity contribution in [1.29, 1.82) is 0 Å². The van der Waals surface area contributed by atoms with Crippen LogP contribution in [0.25, 0.3) is 0 Å². The van der Waals surface area contributed by atoms with Gasteiger partial charge in [-0.15, -0.1) is 0 Å². The predicted molar refractivity (Wildman–Crippen MR) is 54.2 cm³/mol. The number of ether oxygens (including phenoxy) is 2. The van der Waals surface area contributed by atoms with Gasteiger partial charge in [-0.25, -0.2) is 0 Å². The van der Waals surface area contributed by atoms with E-state index in [0.717, 1.165) is 0 Å². The molecule has 2 rings (SSSR count). The third-order valence-electron chi connectivity index (χ3n) is 1.85. The van der Waals surface area contributed by atoms with E-state index >= 15 is 0 Å². The number of hydrogen-bond donors (Lipinski definition) is 0.